The summed E-state index contributed by atoms with van der Waals surface area (Å²) in [6.07, 6.45) is 0. The van der Waals surface area contributed by atoms with E-state index in [0.717, 1.165) is 10.8 Å². The second-order valence-electron chi connectivity index (χ2n) is 5.26. The summed E-state index contributed by atoms with van der Waals surface area (Å²) in [5, 5.41) is 1.78. The Kier molecular flexibility index (Phi) is 4.51. The number of carbonyl (C=O) groups is 2. The Balaban J connectivity index is 2.20. The topological polar surface area (TPSA) is 65.7 Å². The molecule has 124 valence electrons. The van der Waals surface area contributed by atoms with Gasteiger partial charge in [0.15, 0.2) is 5.92 Å². The van der Waals surface area contributed by atoms with Gasteiger partial charge in [-0.3, -0.25) is 9.59 Å². The van der Waals surface area contributed by atoms with Crippen molar-refractivity contribution in [3.63, 3.8) is 0 Å². The van der Waals surface area contributed by atoms with Gasteiger partial charge in [0, 0.05) is 16.3 Å². The van der Waals surface area contributed by atoms with Crippen LogP contribution >= 0.6 is 0 Å². The first-order valence-electron chi connectivity index (χ1n) is 7.90. The lowest BCUT2D eigenvalue weighted by atomic mass is 9.97. The minimum absolute atomic E-state index is 0.185. The Morgan fingerprint density at radius 2 is 1.54 bits per heavy atom. The first-order chi connectivity index (χ1) is 11.7. The van der Waals surface area contributed by atoms with Crippen LogP contribution in [-0.4, -0.2) is 25.2 Å². The minimum Gasteiger partial charge on any atom is -0.465 e. The molecule has 0 N–H and O–H groups in total. The Labute approximate surface area is 139 Å². The molecule has 5 heteroatoms. The molecular formula is C19H18O5. The van der Waals surface area contributed by atoms with Gasteiger partial charge in [-0.15, -0.1) is 0 Å². The van der Waals surface area contributed by atoms with Crippen molar-refractivity contribution in [2.75, 3.05) is 13.2 Å². The van der Waals surface area contributed by atoms with E-state index in [1.165, 1.54) is 0 Å². The monoisotopic (exact) mass is 326 g/mol. The SMILES string of the molecule is CCOC(=O)C(C(=O)OCC)c1cccc2c1oc1ccccc12. The summed E-state index contributed by atoms with van der Waals surface area (Å²) < 4.78 is 16.0. The molecule has 0 aliphatic carbocycles. The van der Waals surface area contributed by atoms with Gasteiger partial charge < -0.3 is 13.9 Å². The van der Waals surface area contributed by atoms with E-state index in [2.05, 4.69) is 0 Å². The summed E-state index contributed by atoms with van der Waals surface area (Å²) in [6.45, 7) is 3.76. The third kappa shape index (κ3) is 2.73. The van der Waals surface area contributed by atoms with Crippen molar-refractivity contribution in [3.8, 4) is 0 Å². The summed E-state index contributed by atoms with van der Waals surface area (Å²) in [6, 6.07) is 13.0. The molecule has 24 heavy (non-hydrogen) atoms. The summed E-state index contributed by atoms with van der Waals surface area (Å²) in [7, 11) is 0. The number of ether oxygens (including phenoxy) is 2. The maximum absolute atomic E-state index is 12.4. The Hall–Kier alpha value is -2.82. The zero-order valence-electron chi connectivity index (χ0n) is 13.6. The number of esters is 2. The Morgan fingerprint density at radius 3 is 2.21 bits per heavy atom. The van der Waals surface area contributed by atoms with E-state index in [1.807, 2.05) is 30.3 Å². The molecule has 3 rings (SSSR count). The summed E-state index contributed by atoms with van der Waals surface area (Å²) in [5.74, 6) is -2.43. The maximum atomic E-state index is 12.4. The molecule has 0 amide bonds. The van der Waals surface area contributed by atoms with Crippen LogP contribution in [0.5, 0.6) is 0 Å². The van der Waals surface area contributed by atoms with E-state index in [1.54, 1.807) is 26.0 Å². The van der Waals surface area contributed by atoms with Gasteiger partial charge in [-0.2, -0.15) is 0 Å². The number of hydrogen-bond donors (Lipinski definition) is 0. The molecule has 0 unspecified atom stereocenters. The molecule has 1 aromatic heterocycles. The van der Waals surface area contributed by atoms with Crippen LogP contribution in [-0.2, 0) is 19.1 Å². The fourth-order valence-electron chi connectivity index (χ4n) is 2.80. The molecule has 5 nitrogen and oxygen atoms in total. The molecule has 0 saturated carbocycles. The van der Waals surface area contributed by atoms with Crippen molar-refractivity contribution >= 4 is 33.9 Å². The highest BCUT2D eigenvalue weighted by Gasteiger charge is 2.34. The quantitative estimate of drug-likeness (QED) is 0.527. The molecule has 0 spiro atoms. The average molecular weight is 326 g/mol. The molecule has 1 heterocycles. The number of carbonyl (C=O) groups excluding carboxylic acids is 2. The largest absolute Gasteiger partial charge is 0.465 e. The standard InChI is InChI=1S/C19H18O5/c1-3-22-18(20)16(19(21)23-4-2)14-10-7-9-13-12-8-5-6-11-15(12)24-17(13)14/h5-11,16H,3-4H2,1-2H3. The normalized spacial score (nSPS) is 11.1. The first-order valence-corrected chi connectivity index (χ1v) is 7.90. The van der Waals surface area contributed by atoms with Crippen molar-refractivity contribution in [3.05, 3.63) is 48.0 Å². The lowest BCUT2D eigenvalue weighted by Gasteiger charge is -2.14. The van der Waals surface area contributed by atoms with Crippen LogP contribution < -0.4 is 0 Å². The van der Waals surface area contributed by atoms with Gasteiger partial charge >= 0.3 is 11.9 Å². The van der Waals surface area contributed by atoms with Crippen molar-refractivity contribution in [1.82, 2.24) is 0 Å². The molecule has 2 aromatic carbocycles. The van der Waals surface area contributed by atoms with Crippen LogP contribution in [0.1, 0.15) is 25.3 Å². The van der Waals surface area contributed by atoms with Gasteiger partial charge in [0.2, 0.25) is 0 Å². The van der Waals surface area contributed by atoms with Crippen LogP contribution in [0.2, 0.25) is 0 Å². The van der Waals surface area contributed by atoms with E-state index < -0.39 is 17.9 Å². The number of furan rings is 1. The molecule has 0 bridgehead atoms. The minimum atomic E-state index is -1.16. The predicted octanol–water partition coefficient (Wildman–Crippen LogP) is 3.80. The first kappa shape index (κ1) is 16.1. The van der Waals surface area contributed by atoms with Crippen LogP contribution in [0.4, 0.5) is 0 Å². The Morgan fingerprint density at radius 1 is 0.917 bits per heavy atom. The van der Waals surface area contributed by atoms with E-state index in [-0.39, 0.29) is 13.2 Å². The smallest absolute Gasteiger partial charge is 0.325 e. The molecule has 0 saturated heterocycles. The zero-order valence-corrected chi connectivity index (χ0v) is 13.6. The van der Waals surface area contributed by atoms with Gasteiger partial charge in [-0.05, 0) is 19.9 Å². The number of para-hydroxylation sites is 2. The lowest BCUT2D eigenvalue weighted by molar-refractivity contribution is -0.156. The van der Waals surface area contributed by atoms with Gasteiger partial charge in [0.1, 0.15) is 11.2 Å². The summed E-state index contributed by atoms with van der Waals surface area (Å²) in [4.78, 5) is 24.7. The summed E-state index contributed by atoms with van der Waals surface area (Å²) in [5.41, 5.74) is 1.66. The lowest BCUT2D eigenvalue weighted by Crippen LogP contribution is -2.26. The molecule has 0 aliphatic heterocycles. The van der Waals surface area contributed by atoms with E-state index >= 15 is 0 Å². The third-order valence-electron chi connectivity index (χ3n) is 3.79. The van der Waals surface area contributed by atoms with Gasteiger partial charge in [-0.1, -0.05) is 36.4 Å². The van der Waals surface area contributed by atoms with Crippen molar-refractivity contribution in [1.29, 1.82) is 0 Å². The van der Waals surface area contributed by atoms with Gasteiger partial charge in [0.05, 0.1) is 13.2 Å². The Bertz CT molecular complexity index is 875. The third-order valence-corrected chi connectivity index (χ3v) is 3.79. The van der Waals surface area contributed by atoms with Crippen LogP contribution in [0.15, 0.2) is 46.9 Å². The summed E-state index contributed by atoms with van der Waals surface area (Å²) >= 11 is 0. The van der Waals surface area contributed by atoms with E-state index in [4.69, 9.17) is 13.9 Å². The highest BCUT2D eigenvalue weighted by molar-refractivity contribution is 6.10. The van der Waals surface area contributed by atoms with Gasteiger partial charge in [0.25, 0.3) is 0 Å². The molecule has 0 radical (unpaired) electrons. The molecule has 0 fully saturated rings. The highest BCUT2D eigenvalue weighted by atomic mass is 16.6. The van der Waals surface area contributed by atoms with Crippen LogP contribution in [0.3, 0.4) is 0 Å². The number of hydrogen-bond acceptors (Lipinski definition) is 5. The second kappa shape index (κ2) is 6.74. The molecule has 0 aliphatic rings. The van der Waals surface area contributed by atoms with Gasteiger partial charge in [-0.25, -0.2) is 0 Å². The van der Waals surface area contributed by atoms with Crippen molar-refractivity contribution < 1.29 is 23.5 Å². The van der Waals surface area contributed by atoms with Crippen molar-refractivity contribution in [2.24, 2.45) is 0 Å². The van der Waals surface area contributed by atoms with E-state index in [0.29, 0.717) is 16.7 Å². The number of benzene rings is 2. The maximum Gasteiger partial charge on any atom is 0.325 e. The fourth-order valence-corrected chi connectivity index (χ4v) is 2.80. The number of rotatable bonds is 5. The molecule has 0 atom stereocenters. The highest BCUT2D eigenvalue weighted by Crippen LogP contribution is 2.34. The number of fused-ring (bicyclic) bond motifs is 3. The second-order valence-corrected chi connectivity index (χ2v) is 5.26. The molecule has 3 aromatic rings. The predicted molar refractivity (Wildman–Crippen MR) is 89.7 cm³/mol. The van der Waals surface area contributed by atoms with Crippen LogP contribution in [0, 0.1) is 0 Å². The van der Waals surface area contributed by atoms with Crippen molar-refractivity contribution in [2.45, 2.75) is 19.8 Å². The zero-order chi connectivity index (χ0) is 17.1. The average Bonchev–Trinajstić information content (AvgIpc) is 2.95. The molecular weight excluding hydrogens is 308 g/mol. The van der Waals surface area contributed by atoms with Crippen LogP contribution in [0.25, 0.3) is 21.9 Å². The fraction of sp³-hybridized carbons (Fsp3) is 0.263. The van der Waals surface area contributed by atoms with E-state index in [9.17, 15) is 9.59 Å².